The molecule has 1 unspecified atom stereocenters. The molecule has 3 aromatic rings. The summed E-state index contributed by atoms with van der Waals surface area (Å²) in [4.78, 5) is 25.2. The van der Waals surface area contributed by atoms with Gasteiger partial charge < -0.3 is 9.88 Å². The Morgan fingerprint density at radius 1 is 1.19 bits per heavy atom. The normalized spacial score (nSPS) is 19.7. The third kappa shape index (κ3) is 3.14. The first-order valence-electron chi connectivity index (χ1n) is 10.2. The molecule has 2 aliphatic rings. The van der Waals surface area contributed by atoms with Crippen LogP contribution in [0.3, 0.4) is 0 Å². The van der Waals surface area contributed by atoms with Crippen molar-refractivity contribution in [3.8, 4) is 0 Å². The first-order valence-corrected chi connectivity index (χ1v) is 10.2. The summed E-state index contributed by atoms with van der Waals surface area (Å²) in [5.74, 6) is -0.692. The van der Waals surface area contributed by atoms with E-state index in [0.717, 1.165) is 30.0 Å². The van der Waals surface area contributed by atoms with Crippen LogP contribution in [0.5, 0.6) is 0 Å². The van der Waals surface area contributed by atoms with E-state index in [4.69, 9.17) is 0 Å². The van der Waals surface area contributed by atoms with Crippen molar-refractivity contribution < 1.29 is 13.2 Å². The van der Waals surface area contributed by atoms with E-state index in [1.807, 2.05) is 0 Å². The Morgan fingerprint density at radius 3 is 2.55 bits per heavy atom. The van der Waals surface area contributed by atoms with Gasteiger partial charge in [-0.05, 0) is 31.6 Å². The first-order chi connectivity index (χ1) is 14.7. The molecule has 0 aliphatic heterocycles. The van der Waals surface area contributed by atoms with Crippen molar-refractivity contribution in [2.45, 2.75) is 44.7 Å². The Kier molecular flexibility index (Phi) is 4.29. The summed E-state index contributed by atoms with van der Waals surface area (Å²) in [6.45, 7) is 1.63. The standard InChI is InChI=1S/C22H21F3N4O2/c1-11(12-4-3-5-13(18(12)23)19(24)25)26-20-15-10-29(16-9-22(16)6-7-22)17(30)8-14(15)21(31)28(2)27-20/h3-5,8,10-11,16,19H,6-7,9H2,1-2H3,(H,26,27)/t11?,16-/m0/s1. The van der Waals surface area contributed by atoms with Gasteiger partial charge in [-0.2, -0.15) is 5.10 Å². The van der Waals surface area contributed by atoms with E-state index in [1.54, 1.807) is 17.7 Å². The van der Waals surface area contributed by atoms with Gasteiger partial charge in [0.1, 0.15) is 5.82 Å². The molecule has 2 heterocycles. The number of aromatic nitrogens is 3. The molecule has 2 aliphatic carbocycles. The Hall–Kier alpha value is -3.10. The zero-order valence-electron chi connectivity index (χ0n) is 17.0. The highest BCUT2D eigenvalue weighted by molar-refractivity contribution is 5.90. The molecule has 162 valence electrons. The van der Waals surface area contributed by atoms with Crippen LogP contribution in [-0.2, 0) is 7.05 Å². The fourth-order valence-corrected chi connectivity index (χ4v) is 4.46. The molecule has 2 saturated carbocycles. The monoisotopic (exact) mass is 430 g/mol. The zero-order valence-corrected chi connectivity index (χ0v) is 17.0. The van der Waals surface area contributed by atoms with Crippen molar-refractivity contribution in [1.82, 2.24) is 14.3 Å². The number of nitrogens with zero attached hydrogens (tertiary/aromatic N) is 3. The molecule has 1 aromatic carbocycles. The molecule has 31 heavy (non-hydrogen) atoms. The van der Waals surface area contributed by atoms with Crippen LogP contribution in [-0.4, -0.2) is 14.3 Å². The SMILES string of the molecule is CC(Nc1nn(C)c(=O)c2cc(=O)n([C@H]3CC34CC4)cc12)c1cccc(C(F)F)c1F. The number of hydrogen-bond acceptors (Lipinski definition) is 4. The number of hydrogen-bond donors (Lipinski definition) is 1. The molecule has 0 bridgehead atoms. The molecule has 1 N–H and O–H groups in total. The minimum absolute atomic E-state index is 0.0639. The number of halogens is 3. The number of rotatable bonds is 5. The molecule has 1 spiro atoms. The fraction of sp³-hybridized carbons (Fsp3) is 0.409. The highest BCUT2D eigenvalue weighted by atomic mass is 19.3. The van der Waals surface area contributed by atoms with Crippen LogP contribution in [0, 0.1) is 11.2 Å². The number of benzene rings is 1. The number of pyridine rings is 1. The van der Waals surface area contributed by atoms with Gasteiger partial charge in [0.25, 0.3) is 17.5 Å². The quantitative estimate of drug-likeness (QED) is 0.663. The lowest BCUT2D eigenvalue weighted by atomic mass is 10.0. The maximum absolute atomic E-state index is 14.6. The Balaban J connectivity index is 1.59. The molecule has 0 saturated heterocycles. The third-order valence-electron chi connectivity index (χ3n) is 6.60. The lowest BCUT2D eigenvalue weighted by Gasteiger charge is -2.19. The smallest absolute Gasteiger partial charge is 0.274 e. The van der Waals surface area contributed by atoms with Gasteiger partial charge in [0, 0.05) is 36.3 Å². The highest BCUT2D eigenvalue weighted by Gasteiger charge is 2.64. The van der Waals surface area contributed by atoms with Crippen molar-refractivity contribution in [2.75, 3.05) is 5.32 Å². The Bertz CT molecular complexity index is 1330. The summed E-state index contributed by atoms with van der Waals surface area (Å²) in [7, 11) is 1.46. The van der Waals surface area contributed by atoms with Crippen molar-refractivity contribution >= 4 is 16.6 Å². The molecule has 0 radical (unpaired) electrons. The second-order valence-corrected chi connectivity index (χ2v) is 8.62. The van der Waals surface area contributed by atoms with Gasteiger partial charge >= 0.3 is 0 Å². The van der Waals surface area contributed by atoms with Crippen LogP contribution in [0.2, 0.25) is 0 Å². The fourth-order valence-electron chi connectivity index (χ4n) is 4.46. The van der Waals surface area contributed by atoms with E-state index in [0.29, 0.717) is 5.39 Å². The average Bonchev–Trinajstić information content (AvgIpc) is 3.64. The number of aryl methyl sites for hydroxylation is 1. The van der Waals surface area contributed by atoms with Crippen LogP contribution in [0.1, 0.15) is 55.8 Å². The number of anilines is 1. The van der Waals surface area contributed by atoms with Gasteiger partial charge in [0.05, 0.1) is 17.0 Å². The molecule has 5 rings (SSSR count). The van der Waals surface area contributed by atoms with Crippen molar-refractivity contribution in [2.24, 2.45) is 12.5 Å². The molecule has 9 heteroatoms. The molecule has 2 atom stereocenters. The van der Waals surface area contributed by atoms with Gasteiger partial charge in [0.15, 0.2) is 5.82 Å². The van der Waals surface area contributed by atoms with Gasteiger partial charge in [-0.3, -0.25) is 9.59 Å². The molecular formula is C22H21F3N4O2. The molecule has 2 fully saturated rings. The zero-order chi connectivity index (χ0) is 22.1. The van der Waals surface area contributed by atoms with Crippen molar-refractivity contribution in [3.63, 3.8) is 0 Å². The number of nitrogens with one attached hydrogen (secondary N) is 1. The van der Waals surface area contributed by atoms with E-state index < -0.39 is 29.4 Å². The lowest BCUT2D eigenvalue weighted by Crippen LogP contribution is -2.26. The number of fused-ring (bicyclic) bond motifs is 1. The minimum Gasteiger partial charge on any atom is -0.361 e. The summed E-state index contributed by atoms with van der Waals surface area (Å²) in [6, 6.07) is 4.60. The maximum Gasteiger partial charge on any atom is 0.274 e. The summed E-state index contributed by atoms with van der Waals surface area (Å²) in [6.07, 6.45) is 1.86. The average molecular weight is 430 g/mol. The van der Waals surface area contributed by atoms with Crippen LogP contribution in [0.25, 0.3) is 10.8 Å². The maximum atomic E-state index is 14.6. The third-order valence-corrected chi connectivity index (χ3v) is 6.60. The van der Waals surface area contributed by atoms with Crippen LogP contribution < -0.4 is 16.4 Å². The summed E-state index contributed by atoms with van der Waals surface area (Å²) in [5, 5.41) is 7.97. The van der Waals surface area contributed by atoms with Crippen LogP contribution >= 0.6 is 0 Å². The van der Waals surface area contributed by atoms with Gasteiger partial charge in [-0.15, -0.1) is 0 Å². The Morgan fingerprint density at radius 2 is 1.90 bits per heavy atom. The van der Waals surface area contributed by atoms with Crippen molar-refractivity contribution in [1.29, 1.82) is 0 Å². The minimum atomic E-state index is -2.92. The summed E-state index contributed by atoms with van der Waals surface area (Å²) >= 11 is 0. The predicted molar refractivity (Wildman–Crippen MR) is 110 cm³/mol. The molecular weight excluding hydrogens is 409 g/mol. The van der Waals surface area contributed by atoms with Crippen LogP contribution in [0.15, 0.2) is 40.1 Å². The van der Waals surface area contributed by atoms with E-state index in [1.165, 1.54) is 25.2 Å². The summed E-state index contributed by atoms with van der Waals surface area (Å²) in [5.41, 5.74) is -1.03. The topological polar surface area (TPSA) is 68.9 Å². The van der Waals surface area contributed by atoms with Crippen LogP contribution in [0.4, 0.5) is 19.0 Å². The lowest BCUT2D eigenvalue weighted by molar-refractivity contribution is 0.146. The van der Waals surface area contributed by atoms with E-state index in [2.05, 4.69) is 10.4 Å². The van der Waals surface area contributed by atoms with Gasteiger partial charge in [0.2, 0.25) is 0 Å². The molecule has 6 nitrogen and oxygen atoms in total. The summed E-state index contributed by atoms with van der Waals surface area (Å²) < 4.78 is 43.6. The van der Waals surface area contributed by atoms with E-state index >= 15 is 0 Å². The molecule has 2 aromatic heterocycles. The second kappa shape index (κ2) is 6.70. The molecule has 0 amide bonds. The second-order valence-electron chi connectivity index (χ2n) is 8.62. The van der Waals surface area contributed by atoms with Gasteiger partial charge in [-0.25, -0.2) is 17.9 Å². The van der Waals surface area contributed by atoms with Crippen molar-refractivity contribution in [3.05, 3.63) is 68.1 Å². The predicted octanol–water partition coefficient (Wildman–Crippen LogP) is 4.07. The van der Waals surface area contributed by atoms with E-state index in [9.17, 15) is 22.8 Å². The first kappa shape index (κ1) is 19.8. The number of alkyl halides is 2. The highest BCUT2D eigenvalue weighted by Crippen LogP contribution is 2.72. The van der Waals surface area contributed by atoms with Gasteiger partial charge in [-0.1, -0.05) is 18.2 Å². The van der Waals surface area contributed by atoms with E-state index in [-0.39, 0.29) is 33.8 Å². The Labute approximate surface area is 175 Å². The largest absolute Gasteiger partial charge is 0.361 e.